The van der Waals surface area contributed by atoms with Crippen LogP contribution in [0.3, 0.4) is 0 Å². The number of nitrogen functional groups attached to an aromatic ring is 1. The van der Waals surface area contributed by atoms with Crippen molar-refractivity contribution in [1.82, 2.24) is 15.3 Å². The third-order valence-corrected chi connectivity index (χ3v) is 2.33. The molecule has 0 unspecified atom stereocenters. The average molecular weight is 281 g/mol. The van der Waals surface area contributed by atoms with Crippen molar-refractivity contribution >= 4 is 17.6 Å². The first-order valence-corrected chi connectivity index (χ1v) is 6.65. The molecule has 1 aromatic rings. The standard InChI is InChI=1S/C13H23N5O2/c1-13(2,3)20-12(19)17-7-5-4-6-16-10-8-15-9-18-11(10)14/h8-9,16H,4-7H2,1-3H3,(H,17,19)(H2,14,15,18). The molecule has 0 radical (unpaired) electrons. The number of nitrogens with zero attached hydrogens (tertiary/aromatic N) is 2. The van der Waals surface area contributed by atoms with Crippen molar-refractivity contribution in [3.8, 4) is 0 Å². The third-order valence-electron chi connectivity index (χ3n) is 2.33. The second kappa shape index (κ2) is 7.52. The van der Waals surface area contributed by atoms with Crippen LogP contribution in [0.25, 0.3) is 0 Å². The van der Waals surface area contributed by atoms with E-state index in [4.69, 9.17) is 10.5 Å². The molecule has 0 atom stereocenters. The molecule has 1 heterocycles. The number of anilines is 2. The molecule has 1 rings (SSSR count). The highest BCUT2D eigenvalue weighted by Crippen LogP contribution is 2.11. The van der Waals surface area contributed by atoms with Gasteiger partial charge >= 0.3 is 6.09 Å². The molecule has 0 aliphatic rings. The van der Waals surface area contributed by atoms with Crippen molar-refractivity contribution in [3.63, 3.8) is 0 Å². The summed E-state index contributed by atoms with van der Waals surface area (Å²) in [5.41, 5.74) is 5.94. The van der Waals surface area contributed by atoms with Crippen LogP contribution in [-0.2, 0) is 4.74 Å². The van der Waals surface area contributed by atoms with Gasteiger partial charge in [0.1, 0.15) is 17.7 Å². The Morgan fingerprint density at radius 3 is 2.70 bits per heavy atom. The Hall–Kier alpha value is -2.05. The van der Waals surface area contributed by atoms with E-state index in [2.05, 4.69) is 20.6 Å². The van der Waals surface area contributed by atoms with Crippen molar-refractivity contribution in [2.24, 2.45) is 0 Å². The minimum absolute atomic E-state index is 0.383. The van der Waals surface area contributed by atoms with Gasteiger partial charge in [-0.3, -0.25) is 0 Å². The highest BCUT2D eigenvalue weighted by atomic mass is 16.6. The Kier molecular flexibility index (Phi) is 6.02. The average Bonchev–Trinajstić information content (AvgIpc) is 2.33. The molecule has 7 nitrogen and oxygen atoms in total. The maximum absolute atomic E-state index is 11.4. The van der Waals surface area contributed by atoms with Crippen molar-refractivity contribution in [1.29, 1.82) is 0 Å². The SMILES string of the molecule is CC(C)(C)OC(=O)NCCCCNc1cncnc1N. The topological polar surface area (TPSA) is 102 Å². The monoisotopic (exact) mass is 281 g/mol. The quantitative estimate of drug-likeness (QED) is 0.687. The summed E-state index contributed by atoms with van der Waals surface area (Å²) in [5.74, 6) is 0.437. The summed E-state index contributed by atoms with van der Waals surface area (Å²) in [5, 5.41) is 5.86. The lowest BCUT2D eigenvalue weighted by Crippen LogP contribution is -2.33. The lowest BCUT2D eigenvalue weighted by Gasteiger charge is -2.19. The van der Waals surface area contributed by atoms with Gasteiger partial charge in [-0.05, 0) is 33.6 Å². The van der Waals surface area contributed by atoms with Crippen LogP contribution in [-0.4, -0.2) is 34.8 Å². The maximum Gasteiger partial charge on any atom is 0.407 e. The number of alkyl carbamates (subject to hydrolysis) is 1. The maximum atomic E-state index is 11.4. The van der Waals surface area contributed by atoms with E-state index in [0.29, 0.717) is 12.4 Å². The van der Waals surface area contributed by atoms with Crippen molar-refractivity contribution < 1.29 is 9.53 Å². The van der Waals surface area contributed by atoms with Crippen LogP contribution in [0.4, 0.5) is 16.3 Å². The fourth-order valence-electron chi connectivity index (χ4n) is 1.45. The largest absolute Gasteiger partial charge is 0.444 e. The predicted molar refractivity (Wildman–Crippen MR) is 78.4 cm³/mol. The summed E-state index contributed by atoms with van der Waals surface area (Å²) in [6.45, 7) is 6.83. The smallest absolute Gasteiger partial charge is 0.407 e. The van der Waals surface area contributed by atoms with Gasteiger partial charge in [0.05, 0.1) is 11.9 Å². The van der Waals surface area contributed by atoms with Gasteiger partial charge in [-0.15, -0.1) is 0 Å². The van der Waals surface area contributed by atoms with E-state index in [1.54, 1.807) is 6.20 Å². The summed E-state index contributed by atoms with van der Waals surface area (Å²) in [7, 11) is 0. The molecule has 0 aromatic carbocycles. The zero-order valence-corrected chi connectivity index (χ0v) is 12.3. The van der Waals surface area contributed by atoms with E-state index < -0.39 is 5.60 Å². The van der Waals surface area contributed by atoms with Gasteiger partial charge < -0.3 is 21.1 Å². The molecule has 0 saturated carbocycles. The molecular formula is C13H23N5O2. The van der Waals surface area contributed by atoms with E-state index in [1.165, 1.54) is 6.33 Å². The van der Waals surface area contributed by atoms with Gasteiger partial charge in [-0.1, -0.05) is 0 Å². The minimum Gasteiger partial charge on any atom is -0.444 e. The summed E-state index contributed by atoms with van der Waals surface area (Å²) < 4.78 is 5.13. The molecule has 4 N–H and O–H groups in total. The van der Waals surface area contributed by atoms with Crippen LogP contribution >= 0.6 is 0 Å². The van der Waals surface area contributed by atoms with Crippen molar-refractivity contribution in [3.05, 3.63) is 12.5 Å². The fraction of sp³-hybridized carbons (Fsp3) is 0.615. The summed E-state index contributed by atoms with van der Waals surface area (Å²) >= 11 is 0. The molecule has 0 aliphatic heterocycles. The van der Waals surface area contributed by atoms with Gasteiger partial charge in [0.25, 0.3) is 0 Å². The van der Waals surface area contributed by atoms with E-state index >= 15 is 0 Å². The van der Waals surface area contributed by atoms with Crippen molar-refractivity contribution in [2.45, 2.75) is 39.2 Å². The molecule has 0 aliphatic carbocycles. The number of ether oxygens (including phenoxy) is 1. The predicted octanol–water partition coefficient (Wildman–Crippen LogP) is 1.78. The first kappa shape index (κ1) is 16.0. The third kappa shape index (κ3) is 6.77. The van der Waals surface area contributed by atoms with Crippen LogP contribution in [0.1, 0.15) is 33.6 Å². The second-order valence-corrected chi connectivity index (χ2v) is 5.38. The second-order valence-electron chi connectivity index (χ2n) is 5.38. The number of hydrogen-bond donors (Lipinski definition) is 3. The van der Waals surface area contributed by atoms with E-state index in [1.807, 2.05) is 20.8 Å². The lowest BCUT2D eigenvalue weighted by molar-refractivity contribution is 0.0527. The molecule has 0 spiro atoms. The highest BCUT2D eigenvalue weighted by molar-refractivity contribution is 5.67. The van der Waals surface area contributed by atoms with Crippen molar-refractivity contribution in [2.75, 3.05) is 24.1 Å². The minimum atomic E-state index is -0.462. The van der Waals surface area contributed by atoms with Crippen LogP contribution in [0.15, 0.2) is 12.5 Å². The molecule has 20 heavy (non-hydrogen) atoms. The Labute approximate surface area is 119 Å². The first-order chi connectivity index (χ1) is 9.38. The van der Waals surface area contributed by atoms with Gasteiger partial charge in [-0.2, -0.15) is 0 Å². The Morgan fingerprint density at radius 2 is 2.05 bits per heavy atom. The molecule has 112 valence electrons. The molecule has 0 fully saturated rings. The number of nitrogens with one attached hydrogen (secondary N) is 2. The number of aromatic nitrogens is 2. The number of rotatable bonds is 6. The van der Waals surface area contributed by atoms with Crippen LogP contribution in [0, 0.1) is 0 Å². The number of hydrogen-bond acceptors (Lipinski definition) is 6. The summed E-state index contributed by atoms with van der Waals surface area (Å²) in [4.78, 5) is 19.1. The summed E-state index contributed by atoms with van der Waals surface area (Å²) in [6, 6.07) is 0. The van der Waals surface area contributed by atoms with E-state index in [9.17, 15) is 4.79 Å². The number of nitrogens with two attached hydrogens (primary N) is 1. The molecule has 0 saturated heterocycles. The molecule has 0 bridgehead atoms. The fourth-order valence-corrected chi connectivity index (χ4v) is 1.45. The lowest BCUT2D eigenvalue weighted by atomic mass is 10.2. The zero-order chi connectivity index (χ0) is 15.0. The molecule has 7 heteroatoms. The number of carbonyl (C=O) groups excluding carboxylic acids is 1. The van der Waals surface area contributed by atoms with Gasteiger partial charge in [0, 0.05) is 13.1 Å². The Balaban J connectivity index is 2.08. The van der Waals surface area contributed by atoms with Gasteiger partial charge in [-0.25, -0.2) is 14.8 Å². The first-order valence-electron chi connectivity index (χ1n) is 6.65. The Bertz CT molecular complexity index is 431. The number of amides is 1. The van der Waals surface area contributed by atoms with Gasteiger partial charge in [0.2, 0.25) is 0 Å². The number of unbranched alkanes of at least 4 members (excludes halogenated alkanes) is 1. The Morgan fingerprint density at radius 1 is 1.35 bits per heavy atom. The van der Waals surface area contributed by atoms with Crippen LogP contribution in [0.2, 0.25) is 0 Å². The van der Waals surface area contributed by atoms with Crippen LogP contribution < -0.4 is 16.4 Å². The molecule has 1 aromatic heterocycles. The number of carbonyl (C=O) groups is 1. The summed E-state index contributed by atoms with van der Waals surface area (Å²) in [6.07, 6.45) is 4.41. The molecule has 1 amide bonds. The zero-order valence-electron chi connectivity index (χ0n) is 12.3. The highest BCUT2D eigenvalue weighted by Gasteiger charge is 2.15. The van der Waals surface area contributed by atoms with Crippen LogP contribution in [0.5, 0.6) is 0 Å². The molecular weight excluding hydrogens is 258 g/mol. The van der Waals surface area contributed by atoms with E-state index in [0.717, 1.165) is 25.1 Å². The van der Waals surface area contributed by atoms with E-state index in [-0.39, 0.29) is 6.09 Å². The van der Waals surface area contributed by atoms with Gasteiger partial charge in [0.15, 0.2) is 0 Å². The normalized spacial score (nSPS) is 10.9.